The van der Waals surface area contributed by atoms with Crippen molar-refractivity contribution in [1.29, 1.82) is 0 Å². The van der Waals surface area contributed by atoms with Crippen LogP contribution in [0.2, 0.25) is 0 Å². The highest BCUT2D eigenvalue weighted by molar-refractivity contribution is 9.10. The molecule has 1 unspecified atom stereocenters. The maximum Gasteiger partial charge on any atom is 0.149 e. The molecule has 84 valence electrons. The number of hydrogen-bond donors (Lipinski definition) is 3. The van der Waals surface area contributed by atoms with Crippen molar-refractivity contribution in [3.8, 4) is 0 Å². The highest BCUT2D eigenvalue weighted by Crippen LogP contribution is 2.20. The van der Waals surface area contributed by atoms with Gasteiger partial charge in [-0.2, -0.15) is 0 Å². The van der Waals surface area contributed by atoms with Crippen molar-refractivity contribution in [2.24, 2.45) is 0 Å². The van der Waals surface area contributed by atoms with Crippen molar-refractivity contribution in [2.45, 2.75) is 25.8 Å². The van der Waals surface area contributed by atoms with Crippen molar-refractivity contribution in [2.75, 3.05) is 17.7 Å². The van der Waals surface area contributed by atoms with Crippen LogP contribution >= 0.6 is 15.9 Å². The molecule has 0 radical (unpaired) electrons. The Kier molecular flexibility index (Phi) is 4.84. The van der Waals surface area contributed by atoms with Crippen molar-refractivity contribution in [1.82, 2.24) is 4.98 Å². The Morgan fingerprint density at radius 1 is 1.67 bits per heavy atom. The molecule has 15 heavy (non-hydrogen) atoms. The summed E-state index contributed by atoms with van der Waals surface area (Å²) in [5, 5.41) is 11.9. The first-order valence-electron chi connectivity index (χ1n) is 4.92. The number of aliphatic hydroxyl groups excluding tert-OH is 1. The third kappa shape index (κ3) is 4.05. The van der Waals surface area contributed by atoms with Crippen LogP contribution in [0.25, 0.3) is 0 Å². The van der Waals surface area contributed by atoms with E-state index in [2.05, 4.69) is 26.2 Å². The zero-order valence-electron chi connectivity index (χ0n) is 8.70. The Labute approximate surface area is 98.0 Å². The largest absolute Gasteiger partial charge is 0.396 e. The minimum atomic E-state index is 0.218. The molecule has 5 heteroatoms. The molecule has 1 rings (SSSR count). The SMILES string of the molecule is CC(CCCO)Nc1ncc(Br)cc1N. The lowest BCUT2D eigenvalue weighted by molar-refractivity contribution is 0.282. The highest BCUT2D eigenvalue weighted by Gasteiger charge is 2.05. The molecule has 0 saturated carbocycles. The van der Waals surface area contributed by atoms with Gasteiger partial charge in [0.25, 0.3) is 0 Å². The van der Waals surface area contributed by atoms with Crippen LogP contribution in [0.4, 0.5) is 11.5 Å². The topological polar surface area (TPSA) is 71.2 Å². The molecule has 1 atom stereocenters. The van der Waals surface area contributed by atoms with Crippen molar-refractivity contribution in [3.05, 3.63) is 16.7 Å². The predicted molar refractivity (Wildman–Crippen MR) is 65.8 cm³/mol. The second-order valence-electron chi connectivity index (χ2n) is 3.50. The lowest BCUT2D eigenvalue weighted by Crippen LogP contribution is -2.17. The number of pyridine rings is 1. The first-order valence-corrected chi connectivity index (χ1v) is 5.71. The van der Waals surface area contributed by atoms with E-state index in [-0.39, 0.29) is 12.6 Å². The normalized spacial score (nSPS) is 12.5. The van der Waals surface area contributed by atoms with E-state index in [9.17, 15) is 0 Å². The molecule has 0 bridgehead atoms. The first kappa shape index (κ1) is 12.3. The summed E-state index contributed by atoms with van der Waals surface area (Å²) in [5.41, 5.74) is 6.42. The Morgan fingerprint density at radius 2 is 2.40 bits per heavy atom. The second kappa shape index (κ2) is 5.92. The molecular weight excluding hydrogens is 258 g/mol. The molecule has 0 fully saturated rings. The predicted octanol–water partition coefficient (Wildman–Crippen LogP) is 2.00. The molecule has 0 saturated heterocycles. The smallest absolute Gasteiger partial charge is 0.149 e. The van der Waals surface area contributed by atoms with Crippen LogP contribution in [0.15, 0.2) is 16.7 Å². The summed E-state index contributed by atoms with van der Waals surface area (Å²) >= 11 is 3.30. The van der Waals surface area contributed by atoms with Crippen molar-refractivity contribution in [3.63, 3.8) is 0 Å². The van der Waals surface area contributed by atoms with Crippen LogP contribution in [0, 0.1) is 0 Å². The number of aliphatic hydroxyl groups is 1. The molecule has 0 aliphatic rings. The van der Waals surface area contributed by atoms with Gasteiger partial charge in [-0.05, 0) is 41.8 Å². The lowest BCUT2D eigenvalue weighted by atomic mass is 10.2. The number of nitrogens with zero attached hydrogens (tertiary/aromatic N) is 1. The summed E-state index contributed by atoms with van der Waals surface area (Å²) in [4.78, 5) is 4.18. The first-order chi connectivity index (χ1) is 7.13. The van der Waals surface area contributed by atoms with Gasteiger partial charge in [-0.15, -0.1) is 0 Å². The van der Waals surface area contributed by atoms with E-state index in [4.69, 9.17) is 10.8 Å². The molecular formula is C10H16BrN3O. The summed E-state index contributed by atoms with van der Waals surface area (Å²) in [7, 11) is 0. The number of halogens is 1. The molecule has 1 heterocycles. The fourth-order valence-electron chi connectivity index (χ4n) is 1.28. The van der Waals surface area contributed by atoms with Crippen molar-refractivity contribution < 1.29 is 5.11 Å². The standard InChI is InChI=1S/C10H16BrN3O/c1-7(3-2-4-15)14-10-9(12)5-8(11)6-13-10/h5-7,15H,2-4,12H2,1H3,(H,13,14). The van der Waals surface area contributed by atoms with Gasteiger partial charge in [-0.25, -0.2) is 4.98 Å². The highest BCUT2D eigenvalue weighted by atomic mass is 79.9. The van der Waals surface area contributed by atoms with Crippen LogP contribution in [-0.2, 0) is 0 Å². The van der Waals surface area contributed by atoms with Crippen LogP contribution in [0.5, 0.6) is 0 Å². The zero-order valence-corrected chi connectivity index (χ0v) is 10.3. The second-order valence-corrected chi connectivity index (χ2v) is 4.42. The van der Waals surface area contributed by atoms with E-state index in [0.29, 0.717) is 11.5 Å². The molecule has 4 nitrogen and oxygen atoms in total. The van der Waals surface area contributed by atoms with Gasteiger partial charge in [0.15, 0.2) is 0 Å². The summed E-state index contributed by atoms with van der Waals surface area (Å²) in [6, 6.07) is 2.07. The summed E-state index contributed by atoms with van der Waals surface area (Å²) < 4.78 is 0.869. The van der Waals surface area contributed by atoms with Crippen LogP contribution < -0.4 is 11.1 Å². The molecule has 1 aromatic rings. The maximum absolute atomic E-state index is 8.70. The van der Waals surface area contributed by atoms with Crippen LogP contribution in [0.1, 0.15) is 19.8 Å². The van der Waals surface area contributed by atoms with E-state index >= 15 is 0 Å². The van der Waals surface area contributed by atoms with Crippen molar-refractivity contribution >= 4 is 27.4 Å². The van der Waals surface area contributed by atoms with Gasteiger partial charge in [0.1, 0.15) is 5.82 Å². The molecule has 0 aliphatic carbocycles. The van der Waals surface area contributed by atoms with Gasteiger partial charge < -0.3 is 16.2 Å². The van der Waals surface area contributed by atoms with E-state index in [1.165, 1.54) is 0 Å². The molecule has 0 aliphatic heterocycles. The fraction of sp³-hybridized carbons (Fsp3) is 0.500. The zero-order chi connectivity index (χ0) is 11.3. The third-order valence-electron chi connectivity index (χ3n) is 2.06. The number of nitrogens with one attached hydrogen (secondary N) is 1. The van der Waals surface area contributed by atoms with Gasteiger partial charge in [0.2, 0.25) is 0 Å². The molecule has 4 N–H and O–H groups in total. The maximum atomic E-state index is 8.70. The number of rotatable bonds is 5. The Bertz CT molecular complexity index is 320. The van der Waals surface area contributed by atoms with E-state index in [0.717, 1.165) is 17.3 Å². The summed E-state index contributed by atoms with van der Waals surface area (Å²) in [6.07, 6.45) is 3.38. The summed E-state index contributed by atoms with van der Waals surface area (Å²) in [5.74, 6) is 0.698. The average Bonchev–Trinajstić information content (AvgIpc) is 2.19. The van der Waals surface area contributed by atoms with E-state index in [1.54, 1.807) is 6.20 Å². The van der Waals surface area contributed by atoms with Gasteiger partial charge in [-0.3, -0.25) is 0 Å². The molecule has 0 aromatic carbocycles. The van der Waals surface area contributed by atoms with E-state index < -0.39 is 0 Å². The quantitative estimate of drug-likeness (QED) is 0.768. The minimum Gasteiger partial charge on any atom is -0.396 e. The van der Waals surface area contributed by atoms with Gasteiger partial charge in [0, 0.05) is 23.3 Å². The van der Waals surface area contributed by atoms with Gasteiger partial charge in [-0.1, -0.05) is 0 Å². The molecule has 1 aromatic heterocycles. The minimum absolute atomic E-state index is 0.218. The number of aromatic nitrogens is 1. The fourth-order valence-corrected chi connectivity index (χ4v) is 1.63. The van der Waals surface area contributed by atoms with Gasteiger partial charge in [0.05, 0.1) is 5.69 Å². The number of nitrogen functional groups attached to an aromatic ring is 1. The number of nitrogens with two attached hydrogens (primary N) is 1. The Morgan fingerprint density at radius 3 is 3.00 bits per heavy atom. The Hall–Kier alpha value is -0.810. The molecule has 0 amide bonds. The lowest BCUT2D eigenvalue weighted by Gasteiger charge is -2.15. The Balaban J connectivity index is 2.56. The number of anilines is 2. The summed E-state index contributed by atoms with van der Waals surface area (Å²) in [6.45, 7) is 2.26. The molecule has 0 spiro atoms. The van der Waals surface area contributed by atoms with Crippen LogP contribution in [-0.4, -0.2) is 22.7 Å². The van der Waals surface area contributed by atoms with E-state index in [1.807, 2.05) is 13.0 Å². The monoisotopic (exact) mass is 273 g/mol. The van der Waals surface area contributed by atoms with Gasteiger partial charge >= 0.3 is 0 Å². The van der Waals surface area contributed by atoms with Crippen LogP contribution in [0.3, 0.4) is 0 Å². The number of hydrogen-bond acceptors (Lipinski definition) is 4. The third-order valence-corrected chi connectivity index (χ3v) is 2.50. The average molecular weight is 274 g/mol.